The quantitative estimate of drug-likeness (QED) is 0.899. The van der Waals surface area contributed by atoms with E-state index in [0.29, 0.717) is 12.3 Å². The normalized spacial score (nSPS) is 25.4. The molecule has 2 aliphatic heterocycles. The highest BCUT2D eigenvalue weighted by Crippen LogP contribution is 2.36. The third-order valence-corrected chi connectivity index (χ3v) is 5.36. The number of aromatic nitrogens is 1. The number of ether oxygens (including phenoxy) is 1. The first-order valence-corrected chi connectivity index (χ1v) is 9.39. The van der Waals surface area contributed by atoms with Crippen LogP contribution in [-0.4, -0.2) is 41.2 Å². The van der Waals surface area contributed by atoms with Crippen LogP contribution < -0.4 is 5.32 Å². The number of nitrogens with zero attached hydrogens (tertiary/aromatic N) is 3. The van der Waals surface area contributed by atoms with Gasteiger partial charge in [-0.3, -0.25) is 4.90 Å². The van der Waals surface area contributed by atoms with Crippen molar-refractivity contribution in [3.63, 3.8) is 0 Å². The van der Waals surface area contributed by atoms with Gasteiger partial charge in [-0.2, -0.15) is 5.26 Å². The van der Waals surface area contributed by atoms with Crippen LogP contribution in [0.3, 0.4) is 0 Å². The molecule has 0 radical (unpaired) electrons. The fourth-order valence-corrected chi connectivity index (χ4v) is 4.18. The van der Waals surface area contributed by atoms with Crippen LogP contribution in [0.4, 0.5) is 10.2 Å². The van der Waals surface area contributed by atoms with Crippen LogP contribution >= 0.6 is 0 Å². The van der Waals surface area contributed by atoms with Crippen molar-refractivity contribution in [3.05, 3.63) is 59.5 Å². The van der Waals surface area contributed by atoms with Crippen molar-refractivity contribution >= 4 is 5.82 Å². The summed E-state index contributed by atoms with van der Waals surface area (Å²) in [6, 6.07) is 14.4. The zero-order chi connectivity index (χ0) is 18.7. The lowest BCUT2D eigenvalue weighted by Crippen LogP contribution is -2.47. The Kier molecular flexibility index (Phi) is 5.06. The Labute approximate surface area is 158 Å². The largest absolute Gasteiger partial charge is 0.371 e. The topological polar surface area (TPSA) is 61.2 Å². The Balaban J connectivity index is 1.37. The summed E-state index contributed by atoms with van der Waals surface area (Å²) in [5.74, 6) is 0.523. The van der Waals surface area contributed by atoms with E-state index in [-0.39, 0.29) is 17.5 Å². The van der Waals surface area contributed by atoms with Crippen molar-refractivity contribution in [1.82, 2.24) is 9.88 Å². The molecule has 2 fully saturated rings. The third kappa shape index (κ3) is 4.26. The number of halogens is 1. The van der Waals surface area contributed by atoms with Crippen LogP contribution in [0.5, 0.6) is 0 Å². The lowest BCUT2D eigenvalue weighted by molar-refractivity contribution is -0.0533. The van der Waals surface area contributed by atoms with Gasteiger partial charge >= 0.3 is 0 Å². The van der Waals surface area contributed by atoms with E-state index in [2.05, 4.69) is 21.3 Å². The van der Waals surface area contributed by atoms with Crippen LogP contribution in [0.1, 0.15) is 30.5 Å². The molecule has 1 N–H and O–H groups in total. The fraction of sp³-hybridized carbons (Fsp3) is 0.429. The van der Waals surface area contributed by atoms with Gasteiger partial charge in [0.2, 0.25) is 0 Å². The smallest absolute Gasteiger partial charge is 0.142 e. The van der Waals surface area contributed by atoms with E-state index < -0.39 is 0 Å². The van der Waals surface area contributed by atoms with Gasteiger partial charge in [0, 0.05) is 19.5 Å². The maximum Gasteiger partial charge on any atom is 0.142 e. The Morgan fingerprint density at radius 2 is 2.15 bits per heavy atom. The standard InChI is InChI=1S/C21H23FN4O/c22-17-7-5-16(6-8-17)13-26-10-2-9-21(15-26)11-19(14-27-21)25-20-4-1-3-18(12-23)24-20/h1,3-8,19H,2,9-11,13-15H2,(H,24,25)/t19-,21+/m0/s1. The zero-order valence-corrected chi connectivity index (χ0v) is 15.2. The Hall–Kier alpha value is -2.49. The minimum atomic E-state index is -0.198. The number of benzene rings is 1. The highest BCUT2D eigenvalue weighted by Gasteiger charge is 2.43. The summed E-state index contributed by atoms with van der Waals surface area (Å²) in [5.41, 5.74) is 1.40. The lowest BCUT2D eigenvalue weighted by atomic mass is 9.88. The molecule has 2 aliphatic rings. The second-order valence-corrected chi connectivity index (χ2v) is 7.50. The molecule has 0 amide bonds. The second kappa shape index (κ2) is 7.63. The molecule has 0 unspecified atom stereocenters. The van der Waals surface area contributed by atoms with Crippen molar-refractivity contribution in [1.29, 1.82) is 5.26 Å². The molecule has 1 aromatic carbocycles. The van der Waals surface area contributed by atoms with Gasteiger partial charge in [0.05, 0.1) is 18.2 Å². The van der Waals surface area contributed by atoms with E-state index in [4.69, 9.17) is 10.00 Å². The average Bonchev–Trinajstić information content (AvgIpc) is 3.05. The van der Waals surface area contributed by atoms with Crippen molar-refractivity contribution in [2.24, 2.45) is 0 Å². The van der Waals surface area contributed by atoms with E-state index >= 15 is 0 Å². The number of hydrogen-bond acceptors (Lipinski definition) is 5. The highest BCUT2D eigenvalue weighted by atomic mass is 19.1. The molecular formula is C21H23FN4O. The minimum Gasteiger partial charge on any atom is -0.371 e. The molecule has 2 saturated heterocycles. The molecule has 0 aliphatic carbocycles. The van der Waals surface area contributed by atoms with Gasteiger partial charge < -0.3 is 10.1 Å². The van der Waals surface area contributed by atoms with Gasteiger partial charge in [-0.15, -0.1) is 0 Å². The Bertz CT molecular complexity index is 835. The number of piperidine rings is 1. The van der Waals surface area contributed by atoms with Crippen molar-refractivity contribution in [2.75, 3.05) is 25.0 Å². The predicted octanol–water partition coefficient (Wildman–Crippen LogP) is 3.33. The summed E-state index contributed by atoms with van der Waals surface area (Å²) >= 11 is 0. The first-order chi connectivity index (χ1) is 13.1. The van der Waals surface area contributed by atoms with Crippen LogP contribution in [0.15, 0.2) is 42.5 Å². The van der Waals surface area contributed by atoms with E-state index in [1.807, 2.05) is 24.3 Å². The molecule has 2 aromatic rings. The van der Waals surface area contributed by atoms with Crippen LogP contribution in [0.25, 0.3) is 0 Å². The highest BCUT2D eigenvalue weighted by molar-refractivity contribution is 5.39. The number of likely N-dealkylation sites (tertiary alicyclic amines) is 1. The summed E-state index contributed by atoms with van der Waals surface area (Å²) in [5, 5.41) is 12.4. The zero-order valence-electron chi connectivity index (χ0n) is 15.2. The van der Waals surface area contributed by atoms with E-state index in [0.717, 1.165) is 50.3 Å². The maximum absolute atomic E-state index is 13.1. The molecule has 6 heteroatoms. The molecule has 4 rings (SSSR count). The number of hydrogen-bond donors (Lipinski definition) is 1. The summed E-state index contributed by atoms with van der Waals surface area (Å²) in [7, 11) is 0. The van der Waals surface area contributed by atoms with Gasteiger partial charge in [0.25, 0.3) is 0 Å². The van der Waals surface area contributed by atoms with Crippen LogP contribution in [-0.2, 0) is 11.3 Å². The number of nitriles is 1. The second-order valence-electron chi connectivity index (χ2n) is 7.50. The molecule has 0 bridgehead atoms. The first kappa shape index (κ1) is 17.9. The SMILES string of the molecule is N#Cc1cccc(N[C@@H]2CO[C@]3(CCCN(Cc4ccc(F)cc4)C3)C2)n1. The predicted molar refractivity (Wildman–Crippen MR) is 101 cm³/mol. The fourth-order valence-electron chi connectivity index (χ4n) is 4.18. The van der Waals surface area contributed by atoms with Gasteiger partial charge in [-0.05, 0) is 49.2 Å². The number of rotatable bonds is 4. The van der Waals surface area contributed by atoms with E-state index in [9.17, 15) is 4.39 Å². The summed E-state index contributed by atoms with van der Waals surface area (Å²) < 4.78 is 19.4. The summed E-state index contributed by atoms with van der Waals surface area (Å²) in [4.78, 5) is 6.69. The first-order valence-electron chi connectivity index (χ1n) is 9.39. The number of pyridine rings is 1. The molecule has 3 heterocycles. The van der Waals surface area contributed by atoms with Crippen molar-refractivity contribution < 1.29 is 9.13 Å². The van der Waals surface area contributed by atoms with Gasteiger partial charge in [-0.1, -0.05) is 18.2 Å². The van der Waals surface area contributed by atoms with Gasteiger partial charge in [-0.25, -0.2) is 9.37 Å². The van der Waals surface area contributed by atoms with Gasteiger partial charge in [0.1, 0.15) is 23.4 Å². The number of anilines is 1. The molecule has 1 spiro atoms. The third-order valence-electron chi connectivity index (χ3n) is 5.36. The van der Waals surface area contributed by atoms with Crippen molar-refractivity contribution in [2.45, 2.75) is 37.5 Å². The van der Waals surface area contributed by atoms with Crippen molar-refractivity contribution in [3.8, 4) is 6.07 Å². The lowest BCUT2D eigenvalue weighted by Gasteiger charge is -2.39. The van der Waals surface area contributed by atoms with Gasteiger partial charge in [0.15, 0.2) is 0 Å². The monoisotopic (exact) mass is 366 g/mol. The summed E-state index contributed by atoms with van der Waals surface area (Å²) in [6.07, 6.45) is 3.07. The van der Waals surface area contributed by atoms with Crippen LogP contribution in [0, 0.1) is 17.1 Å². The molecule has 1 aromatic heterocycles. The van der Waals surface area contributed by atoms with E-state index in [1.165, 1.54) is 12.1 Å². The molecular weight excluding hydrogens is 343 g/mol. The summed E-state index contributed by atoms with van der Waals surface area (Å²) in [6.45, 7) is 3.37. The maximum atomic E-state index is 13.1. The number of nitrogens with one attached hydrogen (secondary N) is 1. The molecule has 0 saturated carbocycles. The molecule has 27 heavy (non-hydrogen) atoms. The average molecular weight is 366 g/mol. The molecule has 140 valence electrons. The Morgan fingerprint density at radius 1 is 1.30 bits per heavy atom. The molecule has 2 atom stereocenters. The Morgan fingerprint density at radius 3 is 2.96 bits per heavy atom. The van der Waals surface area contributed by atoms with Crippen LogP contribution in [0.2, 0.25) is 0 Å². The minimum absolute atomic E-state index is 0.136. The van der Waals surface area contributed by atoms with E-state index in [1.54, 1.807) is 6.07 Å². The molecule has 5 nitrogen and oxygen atoms in total.